The molecule has 1 spiro atoms. The SMILES string of the molecule is CC1=C2C[C@H]3[C@@H](CC[C@@H]4CC(=O)/C(=C\O)C[C@@]43C)[C@@H]2CC[C@@]2(C1)O[C@@H]1C[C@H](C)CN(CC(=O)c3ccccc3)[C@H]1[C@H]2C. The summed E-state index contributed by atoms with van der Waals surface area (Å²) >= 11 is 0. The molecule has 10 atom stereocenters. The molecule has 1 N–H and O–H groups in total. The van der Waals surface area contributed by atoms with Gasteiger partial charge in [-0.1, -0.05) is 62.2 Å². The van der Waals surface area contributed by atoms with Crippen molar-refractivity contribution in [1.82, 2.24) is 4.90 Å². The molecule has 0 bridgehead atoms. The number of aliphatic hydroxyl groups excluding tert-OH is 1. The first-order valence-corrected chi connectivity index (χ1v) is 16.7. The molecular formula is C37H49NO4. The van der Waals surface area contributed by atoms with Gasteiger partial charge >= 0.3 is 0 Å². The van der Waals surface area contributed by atoms with Crippen LogP contribution >= 0.6 is 0 Å². The summed E-state index contributed by atoms with van der Waals surface area (Å²) in [5, 5.41) is 9.84. The lowest BCUT2D eigenvalue weighted by molar-refractivity contribution is -0.124. The van der Waals surface area contributed by atoms with E-state index < -0.39 is 0 Å². The van der Waals surface area contributed by atoms with Gasteiger partial charge in [0.25, 0.3) is 0 Å². The van der Waals surface area contributed by atoms with Gasteiger partial charge in [-0.25, -0.2) is 0 Å². The molecule has 5 fully saturated rings. The fourth-order valence-corrected chi connectivity index (χ4v) is 11.2. The Balaban J connectivity index is 1.14. The molecule has 0 aromatic heterocycles. The number of nitrogens with zero attached hydrogens (tertiary/aromatic N) is 1. The van der Waals surface area contributed by atoms with Gasteiger partial charge in [0.2, 0.25) is 0 Å². The molecule has 6 aliphatic rings. The first kappa shape index (κ1) is 28.5. The van der Waals surface area contributed by atoms with E-state index in [0.29, 0.717) is 54.0 Å². The zero-order valence-corrected chi connectivity index (χ0v) is 26.0. The molecule has 2 heterocycles. The van der Waals surface area contributed by atoms with Crippen LogP contribution in [0.3, 0.4) is 0 Å². The van der Waals surface area contributed by atoms with Crippen LogP contribution in [-0.2, 0) is 9.53 Å². The summed E-state index contributed by atoms with van der Waals surface area (Å²) in [6.45, 7) is 11.0. The fourth-order valence-electron chi connectivity index (χ4n) is 11.2. The zero-order valence-electron chi connectivity index (χ0n) is 26.0. The molecule has 226 valence electrons. The molecular weight excluding hydrogens is 522 g/mol. The number of ketones is 2. The highest BCUT2D eigenvalue weighted by molar-refractivity contribution is 5.97. The van der Waals surface area contributed by atoms with Gasteiger partial charge in [0.05, 0.1) is 24.5 Å². The number of allylic oxidation sites excluding steroid dienone is 2. The predicted octanol–water partition coefficient (Wildman–Crippen LogP) is 7.33. The smallest absolute Gasteiger partial charge is 0.176 e. The van der Waals surface area contributed by atoms with Crippen molar-refractivity contribution in [3.05, 3.63) is 58.9 Å². The van der Waals surface area contributed by atoms with Gasteiger partial charge in [0, 0.05) is 36.1 Å². The monoisotopic (exact) mass is 571 g/mol. The lowest BCUT2D eigenvalue weighted by Gasteiger charge is -2.52. The number of likely N-dealkylation sites (tertiary alicyclic amines) is 1. The summed E-state index contributed by atoms with van der Waals surface area (Å²) in [6.07, 6.45) is 10.5. The van der Waals surface area contributed by atoms with Crippen LogP contribution in [0.15, 0.2) is 53.3 Å². The van der Waals surface area contributed by atoms with Crippen LogP contribution in [0.5, 0.6) is 0 Å². The van der Waals surface area contributed by atoms with E-state index in [9.17, 15) is 14.7 Å². The molecule has 0 radical (unpaired) electrons. The number of carbonyl (C=O) groups excluding carboxylic acids is 2. The van der Waals surface area contributed by atoms with Gasteiger partial charge in [-0.05, 0) is 93.3 Å². The number of carbonyl (C=O) groups is 2. The summed E-state index contributed by atoms with van der Waals surface area (Å²) in [5.41, 5.74) is 4.61. The highest BCUT2D eigenvalue weighted by Gasteiger charge is 2.60. The number of aliphatic hydroxyl groups is 1. The van der Waals surface area contributed by atoms with Gasteiger partial charge < -0.3 is 9.84 Å². The Morgan fingerprint density at radius 2 is 1.90 bits per heavy atom. The Morgan fingerprint density at radius 3 is 2.67 bits per heavy atom. The zero-order chi connectivity index (χ0) is 29.4. The molecule has 3 saturated carbocycles. The number of hydrogen-bond acceptors (Lipinski definition) is 5. The van der Waals surface area contributed by atoms with Gasteiger partial charge in [-0.15, -0.1) is 0 Å². The molecule has 5 nitrogen and oxygen atoms in total. The van der Waals surface area contributed by atoms with Crippen LogP contribution < -0.4 is 0 Å². The number of rotatable bonds is 3. The Morgan fingerprint density at radius 1 is 1.12 bits per heavy atom. The molecule has 5 heteroatoms. The quantitative estimate of drug-likeness (QED) is 0.178. The minimum Gasteiger partial charge on any atom is -0.515 e. The second kappa shape index (κ2) is 10.4. The van der Waals surface area contributed by atoms with Crippen LogP contribution in [0, 0.1) is 40.9 Å². The maximum absolute atomic E-state index is 13.3. The van der Waals surface area contributed by atoms with E-state index in [1.54, 1.807) is 11.1 Å². The van der Waals surface area contributed by atoms with Gasteiger partial charge in [0.1, 0.15) is 0 Å². The average molecular weight is 572 g/mol. The van der Waals surface area contributed by atoms with E-state index in [2.05, 4.69) is 32.6 Å². The van der Waals surface area contributed by atoms with Crippen molar-refractivity contribution >= 4 is 11.6 Å². The molecule has 0 amide bonds. The number of Topliss-reactive ketones (excluding diaryl/α,β-unsaturated/α-hetero) is 2. The van der Waals surface area contributed by atoms with E-state index in [1.165, 1.54) is 12.8 Å². The van der Waals surface area contributed by atoms with Gasteiger partial charge in [-0.3, -0.25) is 14.5 Å². The Bertz CT molecular complexity index is 1320. The third-order valence-corrected chi connectivity index (χ3v) is 13.2. The van der Waals surface area contributed by atoms with Crippen molar-refractivity contribution in [3.8, 4) is 0 Å². The fraction of sp³-hybridized carbons (Fsp3) is 0.676. The second-order valence-electron chi connectivity index (χ2n) is 15.4. The van der Waals surface area contributed by atoms with E-state index in [4.69, 9.17) is 4.74 Å². The number of hydrogen-bond donors (Lipinski definition) is 1. The predicted molar refractivity (Wildman–Crippen MR) is 164 cm³/mol. The molecule has 7 rings (SSSR count). The van der Waals surface area contributed by atoms with E-state index in [1.807, 2.05) is 30.3 Å². The normalized spacial score (nSPS) is 44.5. The van der Waals surface area contributed by atoms with Crippen molar-refractivity contribution in [2.45, 2.75) is 103 Å². The van der Waals surface area contributed by atoms with E-state index in [0.717, 1.165) is 56.9 Å². The number of piperidine rings is 1. The summed E-state index contributed by atoms with van der Waals surface area (Å²) < 4.78 is 7.23. The summed E-state index contributed by atoms with van der Waals surface area (Å²) in [6, 6.07) is 10.1. The maximum atomic E-state index is 13.3. The van der Waals surface area contributed by atoms with Crippen LogP contribution in [0.4, 0.5) is 0 Å². The minimum absolute atomic E-state index is 0.0938. The largest absolute Gasteiger partial charge is 0.515 e. The second-order valence-corrected chi connectivity index (χ2v) is 15.4. The Hall–Kier alpha value is -2.24. The maximum Gasteiger partial charge on any atom is 0.176 e. The Labute approximate surface area is 251 Å². The molecule has 2 saturated heterocycles. The summed E-state index contributed by atoms with van der Waals surface area (Å²) in [5.74, 6) is 3.57. The lowest BCUT2D eigenvalue weighted by atomic mass is 9.51. The third kappa shape index (κ3) is 4.39. The lowest BCUT2D eigenvalue weighted by Crippen LogP contribution is -2.53. The molecule has 4 aliphatic carbocycles. The molecule has 2 aliphatic heterocycles. The van der Waals surface area contributed by atoms with E-state index in [-0.39, 0.29) is 34.7 Å². The van der Waals surface area contributed by atoms with Gasteiger partial charge in [0.15, 0.2) is 11.6 Å². The van der Waals surface area contributed by atoms with Crippen LogP contribution in [0.2, 0.25) is 0 Å². The molecule has 0 unspecified atom stereocenters. The number of benzene rings is 1. The molecule has 1 aromatic rings. The first-order chi connectivity index (χ1) is 20.1. The average Bonchev–Trinajstić information content (AvgIpc) is 3.43. The van der Waals surface area contributed by atoms with Crippen molar-refractivity contribution in [2.24, 2.45) is 40.9 Å². The summed E-state index contributed by atoms with van der Waals surface area (Å²) in [7, 11) is 0. The molecule has 1 aromatic carbocycles. The number of fused-ring (bicyclic) bond motifs is 6. The van der Waals surface area contributed by atoms with Gasteiger partial charge in [-0.2, -0.15) is 0 Å². The van der Waals surface area contributed by atoms with Crippen LogP contribution in [0.1, 0.15) is 95.8 Å². The van der Waals surface area contributed by atoms with E-state index >= 15 is 0 Å². The molecule has 42 heavy (non-hydrogen) atoms. The standard InChI is InChI=1S/C37H49NO4/c1-22-14-34-35(38(19-22)20-33(41)25-8-6-5-7-9-25)24(3)37(42-34)13-12-28-29-11-10-27-15-32(40)26(21-39)18-36(27,4)31(29)16-30(28)23(2)17-37/h5-9,21-22,24,27-29,31,34-35,39H,10-20H2,1-4H3/b26-21-/t22-,24+,27+,28-,29-,31-,34+,35-,36-,37-/m0/s1. The van der Waals surface area contributed by atoms with Crippen LogP contribution in [-0.4, -0.2) is 52.4 Å². The topological polar surface area (TPSA) is 66.8 Å². The highest BCUT2D eigenvalue weighted by Crippen LogP contribution is 2.65. The third-order valence-electron chi connectivity index (χ3n) is 13.2. The Kier molecular flexibility index (Phi) is 7.09. The highest BCUT2D eigenvalue weighted by atomic mass is 16.5. The van der Waals surface area contributed by atoms with Crippen LogP contribution in [0.25, 0.3) is 0 Å². The van der Waals surface area contributed by atoms with Crippen molar-refractivity contribution in [2.75, 3.05) is 13.1 Å². The minimum atomic E-state index is -0.157. The number of ether oxygens (including phenoxy) is 1. The first-order valence-electron chi connectivity index (χ1n) is 16.7. The van der Waals surface area contributed by atoms with Crippen molar-refractivity contribution in [1.29, 1.82) is 0 Å². The summed E-state index contributed by atoms with van der Waals surface area (Å²) in [4.78, 5) is 28.4. The van der Waals surface area contributed by atoms with Crippen molar-refractivity contribution in [3.63, 3.8) is 0 Å². The van der Waals surface area contributed by atoms with Crippen molar-refractivity contribution < 1.29 is 19.4 Å².